The lowest BCUT2D eigenvalue weighted by Crippen LogP contribution is -2.49. The van der Waals surface area contributed by atoms with Crippen LogP contribution in [-0.2, 0) is 4.79 Å². The summed E-state index contributed by atoms with van der Waals surface area (Å²) in [7, 11) is 0. The minimum Gasteiger partial charge on any atom is -0.348 e. The molecule has 4 N–H and O–H groups in total. The maximum atomic E-state index is 13.9. The molecule has 0 spiro atoms. The minimum absolute atomic E-state index is 0.0625. The number of fused-ring (bicyclic) bond motifs is 1. The van der Waals surface area contributed by atoms with E-state index in [9.17, 15) is 14.4 Å². The number of anilines is 2. The van der Waals surface area contributed by atoms with Crippen molar-refractivity contribution in [2.75, 3.05) is 10.2 Å². The highest BCUT2D eigenvalue weighted by Gasteiger charge is 2.34. The molecule has 7 nitrogen and oxygen atoms in total. The van der Waals surface area contributed by atoms with Crippen molar-refractivity contribution in [3.63, 3.8) is 0 Å². The molecule has 3 aromatic carbocycles. The molecule has 2 aliphatic rings. The highest BCUT2D eigenvalue weighted by atomic mass is 16.2. The van der Waals surface area contributed by atoms with Gasteiger partial charge < -0.3 is 16.4 Å². The lowest BCUT2D eigenvalue weighted by molar-refractivity contribution is -0.116. The summed E-state index contributed by atoms with van der Waals surface area (Å²) in [5.41, 5.74) is 10.1. The van der Waals surface area contributed by atoms with Crippen LogP contribution in [-0.4, -0.2) is 29.8 Å². The summed E-state index contributed by atoms with van der Waals surface area (Å²) in [6.45, 7) is 2.00. The first-order valence-electron chi connectivity index (χ1n) is 12.9. The van der Waals surface area contributed by atoms with Gasteiger partial charge in [-0.2, -0.15) is 0 Å². The van der Waals surface area contributed by atoms with E-state index in [4.69, 9.17) is 5.73 Å². The van der Waals surface area contributed by atoms with Crippen molar-refractivity contribution in [2.24, 2.45) is 5.73 Å². The molecule has 0 radical (unpaired) electrons. The molecule has 1 fully saturated rings. The molecule has 190 valence electrons. The Labute approximate surface area is 217 Å². The Bertz CT molecular complexity index is 1310. The summed E-state index contributed by atoms with van der Waals surface area (Å²) in [6.07, 6.45) is 3.95. The van der Waals surface area contributed by atoms with E-state index >= 15 is 0 Å². The zero-order chi connectivity index (χ0) is 25.9. The largest absolute Gasteiger partial charge is 0.348 e. The molecule has 0 saturated heterocycles. The molecule has 7 heteroatoms. The van der Waals surface area contributed by atoms with E-state index in [1.54, 1.807) is 35.2 Å². The number of hydrogen-bond acceptors (Lipinski definition) is 4. The lowest BCUT2D eigenvalue weighted by Gasteiger charge is -2.31. The van der Waals surface area contributed by atoms with E-state index in [0.29, 0.717) is 22.5 Å². The van der Waals surface area contributed by atoms with Crippen molar-refractivity contribution in [1.82, 2.24) is 5.32 Å². The third-order valence-electron chi connectivity index (χ3n) is 7.32. The standard InChI is InChI=1S/C30H32N4O3/c1-19-11-13-20(14-12-19)27-18-28(35)32-25-17-22(29(36)33-24-10-6-5-9-23(24)31)15-16-26(25)34(27)30(37)21-7-3-2-4-8-21/h2-4,7-8,11-17,23-24,27H,5-6,9-10,18,31H2,1H3,(H,32,35)(H,33,36). The van der Waals surface area contributed by atoms with Crippen LogP contribution in [0.1, 0.15) is 70.0 Å². The summed E-state index contributed by atoms with van der Waals surface area (Å²) >= 11 is 0. The number of benzene rings is 3. The van der Waals surface area contributed by atoms with Crippen molar-refractivity contribution >= 4 is 29.1 Å². The molecule has 37 heavy (non-hydrogen) atoms. The molecule has 0 bridgehead atoms. The molecule has 1 heterocycles. The topological polar surface area (TPSA) is 105 Å². The monoisotopic (exact) mass is 496 g/mol. The van der Waals surface area contributed by atoms with Crippen LogP contribution in [0, 0.1) is 6.92 Å². The van der Waals surface area contributed by atoms with E-state index in [1.807, 2.05) is 49.4 Å². The van der Waals surface area contributed by atoms with Crippen LogP contribution in [0.3, 0.4) is 0 Å². The van der Waals surface area contributed by atoms with Crippen molar-refractivity contribution in [3.8, 4) is 0 Å². The highest BCUT2D eigenvalue weighted by molar-refractivity contribution is 6.12. The highest BCUT2D eigenvalue weighted by Crippen LogP contribution is 2.39. The van der Waals surface area contributed by atoms with Crippen molar-refractivity contribution in [2.45, 2.75) is 57.2 Å². The Morgan fingerprint density at radius 2 is 1.68 bits per heavy atom. The average molecular weight is 497 g/mol. The molecule has 3 amide bonds. The third kappa shape index (κ3) is 5.27. The second-order valence-corrected chi connectivity index (χ2v) is 9.98. The van der Waals surface area contributed by atoms with Crippen LogP contribution in [0.15, 0.2) is 72.8 Å². The van der Waals surface area contributed by atoms with Crippen molar-refractivity contribution < 1.29 is 14.4 Å². The molecule has 1 aliphatic carbocycles. The van der Waals surface area contributed by atoms with E-state index in [1.165, 1.54) is 0 Å². The van der Waals surface area contributed by atoms with E-state index in [2.05, 4.69) is 10.6 Å². The van der Waals surface area contributed by atoms with Crippen LogP contribution < -0.4 is 21.3 Å². The predicted molar refractivity (Wildman–Crippen MR) is 145 cm³/mol. The predicted octanol–water partition coefficient (Wildman–Crippen LogP) is 4.73. The fourth-order valence-electron chi connectivity index (χ4n) is 5.24. The molecule has 1 aliphatic heterocycles. The summed E-state index contributed by atoms with van der Waals surface area (Å²) in [4.78, 5) is 41.7. The maximum Gasteiger partial charge on any atom is 0.258 e. The number of carbonyl (C=O) groups is 3. The van der Waals surface area contributed by atoms with Crippen LogP contribution in [0.25, 0.3) is 0 Å². The van der Waals surface area contributed by atoms with Crippen molar-refractivity contribution in [3.05, 3.63) is 95.1 Å². The normalized spacial score (nSPS) is 21.4. The number of nitrogens with one attached hydrogen (secondary N) is 2. The first kappa shape index (κ1) is 24.7. The van der Waals surface area contributed by atoms with Crippen LogP contribution in [0.4, 0.5) is 11.4 Å². The van der Waals surface area contributed by atoms with Crippen LogP contribution in [0.5, 0.6) is 0 Å². The second kappa shape index (κ2) is 10.6. The van der Waals surface area contributed by atoms with Gasteiger partial charge >= 0.3 is 0 Å². The summed E-state index contributed by atoms with van der Waals surface area (Å²) in [6, 6.07) is 21.4. The zero-order valence-corrected chi connectivity index (χ0v) is 20.9. The van der Waals surface area contributed by atoms with Crippen LogP contribution >= 0.6 is 0 Å². The van der Waals surface area contributed by atoms with Gasteiger partial charge in [-0.05, 0) is 55.7 Å². The number of rotatable bonds is 4. The van der Waals surface area contributed by atoms with E-state index in [0.717, 1.165) is 36.8 Å². The summed E-state index contributed by atoms with van der Waals surface area (Å²) in [5.74, 6) is -0.670. The number of carbonyl (C=O) groups excluding carboxylic acids is 3. The van der Waals surface area contributed by atoms with Crippen molar-refractivity contribution in [1.29, 1.82) is 0 Å². The number of nitrogens with zero attached hydrogens (tertiary/aromatic N) is 1. The summed E-state index contributed by atoms with van der Waals surface area (Å²) in [5, 5.41) is 6.00. The smallest absolute Gasteiger partial charge is 0.258 e. The van der Waals surface area contributed by atoms with Gasteiger partial charge in [0.25, 0.3) is 11.8 Å². The molecule has 0 aromatic heterocycles. The van der Waals surface area contributed by atoms with Crippen LogP contribution in [0.2, 0.25) is 0 Å². The summed E-state index contributed by atoms with van der Waals surface area (Å²) < 4.78 is 0. The van der Waals surface area contributed by atoms with Gasteiger partial charge in [-0.3, -0.25) is 19.3 Å². The maximum absolute atomic E-state index is 13.9. The second-order valence-electron chi connectivity index (χ2n) is 9.98. The Kier molecular flexibility index (Phi) is 7.06. The first-order chi connectivity index (χ1) is 17.9. The van der Waals surface area contributed by atoms with Gasteiger partial charge in [-0.1, -0.05) is 60.9 Å². The van der Waals surface area contributed by atoms with Gasteiger partial charge in [0.2, 0.25) is 5.91 Å². The molecule has 3 aromatic rings. The Hall–Kier alpha value is -3.97. The molecule has 5 rings (SSSR count). The lowest BCUT2D eigenvalue weighted by atomic mass is 9.91. The average Bonchev–Trinajstić information content (AvgIpc) is 3.05. The fraction of sp³-hybridized carbons (Fsp3) is 0.300. The fourth-order valence-corrected chi connectivity index (χ4v) is 5.24. The van der Waals surface area contributed by atoms with Gasteiger partial charge in [-0.25, -0.2) is 0 Å². The first-order valence-corrected chi connectivity index (χ1v) is 12.9. The Morgan fingerprint density at radius 1 is 0.946 bits per heavy atom. The Morgan fingerprint density at radius 3 is 2.41 bits per heavy atom. The molecular weight excluding hydrogens is 464 g/mol. The number of hydrogen-bond donors (Lipinski definition) is 3. The van der Waals surface area contributed by atoms with Gasteiger partial charge in [0, 0.05) is 23.2 Å². The number of nitrogens with two attached hydrogens (primary N) is 1. The minimum atomic E-state index is -0.505. The molecule has 1 saturated carbocycles. The van der Waals surface area contributed by atoms with Gasteiger partial charge in [0.05, 0.1) is 23.8 Å². The SMILES string of the molecule is Cc1ccc(C2CC(=O)Nc3cc(C(=O)NC4CCCCC4N)ccc3N2C(=O)c2ccccc2)cc1. The van der Waals surface area contributed by atoms with Gasteiger partial charge in [-0.15, -0.1) is 0 Å². The molecular formula is C30H32N4O3. The van der Waals surface area contributed by atoms with E-state index in [-0.39, 0.29) is 36.2 Å². The number of amides is 3. The third-order valence-corrected chi connectivity index (χ3v) is 7.32. The van der Waals surface area contributed by atoms with E-state index < -0.39 is 6.04 Å². The van der Waals surface area contributed by atoms with Gasteiger partial charge in [0.15, 0.2) is 0 Å². The quantitative estimate of drug-likeness (QED) is 0.486. The Balaban J connectivity index is 1.54. The molecule has 3 atom stereocenters. The molecule has 3 unspecified atom stereocenters. The van der Waals surface area contributed by atoms with Gasteiger partial charge in [0.1, 0.15) is 0 Å². The zero-order valence-electron chi connectivity index (χ0n) is 20.9. The number of aryl methyl sites for hydroxylation is 1.